The van der Waals surface area contributed by atoms with Gasteiger partial charge < -0.3 is 5.21 Å². The molecule has 1 aliphatic carbocycles. The van der Waals surface area contributed by atoms with Gasteiger partial charge in [0.25, 0.3) is 0 Å². The van der Waals surface area contributed by atoms with E-state index < -0.39 is 0 Å². The van der Waals surface area contributed by atoms with Gasteiger partial charge >= 0.3 is 0 Å². The maximum atomic E-state index is 8.61. The highest BCUT2D eigenvalue weighted by molar-refractivity contribution is 5.65. The summed E-state index contributed by atoms with van der Waals surface area (Å²) in [4.78, 5) is 0. The molecule has 0 heterocycles. The Balaban J connectivity index is 2.52. The highest BCUT2D eigenvalue weighted by atomic mass is 16.4. The van der Waals surface area contributed by atoms with Crippen LogP contribution < -0.4 is 0 Å². The van der Waals surface area contributed by atoms with Crippen LogP contribution in [-0.4, -0.2) is 11.4 Å². The fourth-order valence-electron chi connectivity index (χ4n) is 2.36. The van der Waals surface area contributed by atoms with E-state index in [9.17, 15) is 0 Å². The number of hydrogen-bond donors (Lipinski definition) is 1. The standard InChI is InChI=1S/C11H21NO/c1-3-10-5-7-11(4-2,8-6-10)9-12-13/h9-10,13H,3-8H2,1-2H3/b12-9+. The predicted octanol–water partition coefficient (Wildman–Crippen LogP) is 3.44. The Bertz CT molecular complexity index is 169. The molecule has 1 rings (SSSR count). The molecule has 0 amide bonds. The van der Waals surface area contributed by atoms with Crippen molar-refractivity contribution in [2.75, 3.05) is 0 Å². The van der Waals surface area contributed by atoms with E-state index in [0.29, 0.717) is 0 Å². The molecule has 0 aromatic carbocycles. The Morgan fingerprint density at radius 2 is 2.00 bits per heavy atom. The van der Waals surface area contributed by atoms with E-state index in [1.807, 2.05) is 0 Å². The Morgan fingerprint density at radius 1 is 1.38 bits per heavy atom. The van der Waals surface area contributed by atoms with E-state index in [1.54, 1.807) is 6.21 Å². The highest BCUT2D eigenvalue weighted by Crippen LogP contribution is 2.40. The topological polar surface area (TPSA) is 32.6 Å². The summed E-state index contributed by atoms with van der Waals surface area (Å²) in [6.45, 7) is 4.46. The Kier molecular flexibility index (Phi) is 3.76. The van der Waals surface area contributed by atoms with Crippen LogP contribution in [0.4, 0.5) is 0 Å². The lowest BCUT2D eigenvalue weighted by Gasteiger charge is -2.36. The van der Waals surface area contributed by atoms with Gasteiger partial charge in [0.1, 0.15) is 0 Å². The second kappa shape index (κ2) is 4.64. The van der Waals surface area contributed by atoms with Gasteiger partial charge in [-0.25, -0.2) is 0 Å². The number of rotatable bonds is 3. The quantitative estimate of drug-likeness (QED) is 0.406. The van der Waals surface area contributed by atoms with Crippen molar-refractivity contribution in [1.29, 1.82) is 0 Å². The molecule has 0 bridgehead atoms. The zero-order chi connectivity index (χ0) is 9.73. The predicted molar refractivity (Wildman–Crippen MR) is 55.3 cm³/mol. The Morgan fingerprint density at radius 3 is 2.38 bits per heavy atom. The average Bonchev–Trinajstić information content (AvgIpc) is 2.19. The van der Waals surface area contributed by atoms with E-state index in [2.05, 4.69) is 19.0 Å². The molecule has 13 heavy (non-hydrogen) atoms. The molecule has 2 nitrogen and oxygen atoms in total. The fraction of sp³-hybridized carbons (Fsp3) is 0.909. The third-order valence-electron chi connectivity index (χ3n) is 3.71. The molecule has 1 fully saturated rings. The molecule has 0 saturated heterocycles. The van der Waals surface area contributed by atoms with Crippen molar-refractivity contribution in [2.24, 2.45) is 16.5 Å². The zero-order valence-electron chi connectivity index (χ0n) is 8.79. The van der Waals surface area contributed by atoms with Crippen molar-refractivity contribution in [3.05, 3.63) is 0 Å². The van der Waals surface area contributed by atoms with Crippen LogP contribution in [-0.2, 0) is 0 Å². The van der Waals surface area contributed by atoms with Gasteiger partial charge in [-0.1, -0.05) is 20.3 Å². The first kappa shape index (κ1) is 10.6. The molecule has 0 aromatic rings. The lowest BCUT2D eigenvalue weighted by molar-refractivity contribution is 0.209. The molecule has 76 valence electrons. The lowest BCUT2D eigenvalue weighted by Crippen LogP contribution is -2.28. The van der Waals surface area contributed by atoms with Crippen LogP contribution in [0.25, 0.3) is 0 Å². The largest absolute Gasteiger partial charge is 0.411 e. The summed E-state index contributed by atoms with van der Waals surface area (Å²) in [7, 11) is 0. The number of nitrogens with zero attached hydrogens (tertiary/aromatic N) is 1. The third-order valence-corrected chi connectivity index (χ3v) is 3.71. The zero-order valence-corrected chi connectivity index (χ0v) is 8.79. The Labute approximate surface area is 81.0 Å². The molecule has 0 aliphatic heterocycles. The second-order valence-electron chi connectivity index (χ2n) is 4.31. The third kappa shape index (κ3) is 2.45. The van der Waals surface area contributed by atoms with E-state index in [4.69, 9.17) is 5.21 Å². The van der Waals surface area contributed by atoms with Crippen molar-refractivity contribution in [3.8, 4) is 0 Å². The molecule has 0 aromatic heterocycles. The molecule has 2 heteroatoms. The summed E-state index contributed by atoms with van der Waals surface area (Å²) in [5.41, 5.74) is 0.209. The summed E-state index contributed by atoms with van der Waals surface area (Å²) in [5, 5.41) is 11.8. The molecule has 1 saturated carbocycles. The van der Waals surface area contributed by atoms with Crippen LogP contribution in [0.3, 0.4) is 0 Å². The lowest BCUT2D eigenvalue weighted by atomic mass is 9.69. The SMILES string of the molecule is CCC1CCC(/C=N/O)(CC)CC1. The van der Waals surface area contributed by atoms with Gasteiger partial charge in [-0.15, -0.1) is 5.16 Å². The molecule has 0 radical (unpaired) electrons. The van der Waals surface area contributed by atoms with Crippen LogP contribution >= 0.6 is 0 Å². The van der Waals surface area contributed by atoms with Gasteiger partial charge in [-0.2, -0.15) is 0 Å². The van der Waals surface area contributed by atoms with Crippen molar-refractivity contribution < 1.29 is 5.21 Å². The maximum absolute atomic E-state index is 8.61. The van der Waals surface area contributed by atoms with Gasteiger partial charge in [0.15, 0.2) is 0 Å². The van der Waals surface area contributed by atoms with Gasteiger partial charge in [0.05, 0.1) is 0 Å². The molecule has 1 aliphatic rings. The molecular formula is C11H21NO. The van der Waals surface area contributed by atoms with Crippen molar-refractivity contribution in [1.82, 2.24) is 0 Å². The summed E-state index contributed by atoms with van der Waals surface area (Å²) in [6.07, 6.45) is 9.17. The van der Waals surface area contributed by atoms with Crippen molar-refractivity contribution in [3.63, 3.8) is 0 Å². The normalized spacial score (nSPS) is 35.4. The first-order chi connectivity index (χ1) is 6.26. The first-order valence-electron chi connectivity index (χ1n) is 5.45. The highest BCUT2D eigenvalue weighted by Gasteiger charge is 2.31. The number of oxime groups is 1. The van der Waals surface area contributed by atoms with Crippen LogP contribution in [0.1, 0.15) is 52.4 Å². The van der Waals surface area contributed by atoms with Gasteiger partial charge in [0.2, 0.25) is 0 Å². The minimum atomic E-state index is 0.209. The summed E-state index contributed by atoms with van der Waals surface area (Å²) >= 11 is 0. The van der Waals surface area contributed by atoms with E-state index >= 15 is 0 Å². The van der Waals surface area contributed by atoms with E-state index in [0.717, 1.165) is 12.3 Å². The maximum Gasteiger partial charge on any atom is 0.0497 e. The van der Waals surface area contributed by atoms with Gasteiger partial charge in [0, 0.05) is 11.6 Å². The summed E-state index contributed by atoms with van der Waals surface area (Å²) in [6, 6.07) is 0. The van der Waals surface area contributed by atoms with E-state index in [-0.39, 0.29) is 5.41 Å². The smallest absolute Gasteiger partial charge is 0.0497 e. The first-order valence-corrected chi connectivity index (χ1v) is 5.45. The molecule has 0 unspecified atom stereocenters. The molecule has 0 spiro atoms. The molecule has 1 N–H and O–H groups in total. The molecule has 0 atom stereocenters. The van der Waals surface area contributed by atoms with Crippen LogP contribution in [0.5, 0.6) is 0 Å². The summed E-state index contributed by atoms with van der Waals surface area (Å²) in [5.74, 6) is 0.909. The van der Waals surface area contributed by atoms with Crippen LogP contribution in [0.15, 0.2) is 5.16 Å². The second-order valence-corrected chi connectivity index (χ2v) is 4.31. The van der Waals surface area contributed by atoms with Crippen molar-refractivity contribution >= 4 is 6.21 Å². The number of hydrogen-bond acceptors (Lipinski definition) is 2. The minimum absolute atomic E-state index is 0.209. The molecular weight excluding hydrogens is 162 g/mol. The van der Waals surface area contributed by atoms with Gasteiger partial charge in [-0.3, -0.25) is 0 Å². The Hall–Kier alpha value is -0.530. The van der Waals surface area contributed by atoms with Gasteiger partial charge in [-0.05, 0) is 38.0 Å². The fourth-order valence-corrected chi connectivity index (χ4v) is 2.36. The minimum Gasteiger partial charge on any atom is -0.411 e. The van der Waals surface area contributed by atoms with Crippen LogP contribution in [0, 0.1) is 11.3 Å². The van der Waals surface area contributed by atoms with Crippen LogP contribution in [0.2, 0.25) is 0 Å². The monoisotopic (exact) mass is 183 g/mol. The summed E-state index contributed by atoms with van der Waals surface area (Å²) < 4.78 is 0. The average molecular weight is 183 g/mol. The van der Waals surface area contributed by atoms with Crippen molar-refractivity contribution in [2.45, 2.75) is 52.4 Å². The van der Waals surface area contributed by atoms with E-state index in [1.165, 1.54) is 32.1 Å².